The highest BCUT2D eigenvalue weighted by atomic mass is 19.1. The number of benzene rings is 1. The third kappa shape index (κ3) is 2.89. The van der Waals surface area contributed by atoms with Gasteiger partial charge in [-0.2, -0.15) is 0 Å². The number of hydrogen-bond donors (Lipinski definition) is 1. The van der Waals surface area contributed by atoms with Crippen LogP contribution in [0.25, 0.3) is 11.4 Å². The van der Waals surface area contributed by atoms with E-state index in [9.17, 15) is 4.39 Å². The first-order valence-electron chi connectivity index (χ1n) is 6.47. The van der Waals surface area contributed by atoms with Crippen molar-refractivity contribution in [3.63, 3.8) is 0 Å². The minimum atomic E-state index is -0.402. The second-order valence-electron chi connectivity index (χ2n) is 4.61. The fraction of sp³-hybridized carbons (Fsp3) is 0.462. The first kappa shape index (κ1) is 13.5. The molecule has 0 atom stereocenters. The SMILES string of the molecule is CCC(CC)Cn1nnnc1-c1ccc(N)cc1F. The first-order chi connectivity index (χ1) is 9.15. The lowest BCUT2D eigenvalue weighted by molar-refractivity contribution is 0.392. The molecule has 102 valence electrons. The van der Waals surface area contributed by atoms with Gasteiger partial charge in [0.2, 0.25) is 0 Å². The van der Waals surface area contributed by atoms with Crippen LogP contribution in [-0.4, -0.2) is 20.2 Å². The van der Waals surface area contributed by atoms with Crippen molar-refractivity contribution in [2.24, 2.45) is 5.92 Å². The molecule has 0 spiro atoms. The van der Waals surface area contributed by atoms with Gasteiger partial charge in [-0.3, -0.25) is 0 Å². The number of halogens is 1. The molecular weight excluding hydrogens is 245 g/mol. The maximum atomic E-state index is 13.9. The van der Waals surface area contributed by atoms with Crippen molar-refractivity contribution in [2.45, 2.75) is 33.2 Å². The van der Waals surface area contributed by atoms with Crippen molar-refractivity contribution in [1.82, 2.24) is 20.2 Å². The zero-order chi connectivity index (χ0) is 13.8. The van der Waals surface area contributed by atoms with Crippen LogP contribution in [0.4, 0.5) is 10.1 Å². The number of tetrazole rings is 1. The third-order valence-electron chi connectivity index (χ3n) is 3.35. The van der Waals surface area contributed by atoms with Crippen LogP contribution < -0.4 is 5.73 Å². The minimum absolute atomic E-state index is 0.380. The van der Waals surface area contributed by atoms with Gasteiger partial charge in [0.05, 0.1) is 5.56 Å². The van der Waals surface area contributed by atoms with Gasteiger partial charge in [0.15, 0.2) is 5.82 Å². The molecule has 0 fully saturated rings. The standard InChI is InChI=1S/C13H18FN5/c1-3-9(4-2)8-19-13(16-17-18-19)11-6-5-10(15)7-12(11)14/h5-7,9H,3-4,8,15H2,1-2H3. The minimum Gasteiger partial charge on any atom is -0.399 e. The number of anilines is 1. The molecule has 2 N–H and O–H groups in total. The normalized spacial score (nSPS) is 11.2. The van der Waals surface area contributed by atoms with E-state index in [1.54, 1.807) is 16.8 Å². The highest BCUT2D eigenvalue weighted by molar-refractivity contribution is 5.59. The largest absolute Gasteiger partial charge is 0.399 e. The predicted molar refractivity (Wildman–Crippen MR) is 71.7 cm³/mol. The molecule has 0 amide bonds. The van der Waals surface area contributed by atoms with Gasteiger partial charge >= 0.3 is 0 Å². The summed E-state index contributed by atoms with van der Waals surface area (Å²) in [5.74, 6) is 0.532. The summed E-state index contributed by atoms with van der Waals surface area (Å²) in [5, 5.41) is 11.5. The predicted octanol–water partition coefficient (Wildman–Crippen LogP) is 2.50. The summed E-state index contributed by atoms with van der Waals surface area (Å²) >= 11 is 0. The highest BCUT2D eigenvalue weighted by Gasteiger charge is 2.15. The van der Waals surface area contributed by atoms with E-state index < -0.39 is 5.82 Å². The average molecular weight is 263 g/mol. The van der Waals surface area contributed by atoms with E-state index in [0.29, 0.717) is 29.5 Å². The fourth-order valence-electron chi connectivity index (χ4n) is 2.02. The summed E-state index contributed by atoms with van der Waals surface area (Å²) in [5.41, 5.74) is 6.31. The number of nitrogen functional groups attached to an aromatic ring is 1. The third-order valence-corrected chi connectivity index (χ3v) is 3.35. The Labute approximate surface area is 111 Å². The van der Waals surface area contributed by atoms with Gasteiger partial charge in [0, 0.05) is 12.2 Å². The van der Waals surface area contributed by atoms with E-state index in [0.717, 1.165) is 12.8 Å². The summed E-state index contributed by atoms with van der Waals surface area (Å²) in [4.78, 5) is 0. The summed E-state index contributed by atoms with van der Waals surface area (Å²) in [7, 11) is 0. The molecule has 0 aliphatic carbocycles. The van der Waals surface area contributed by atoms with E-state index in [2.05, 4.69) is 29.4 Å². The molecule has 6 heteroatoms. The van der Waals surface area contributed by atoms with Gasteiger partial charge in [0.1, 0.15) is 5.82 Å². The summed E-state index contributed by atoms with van der Waals surface area (Å²) < 4.78 is 15.6. The summed E-state index contributed by atoms with van der Waals surface area (Å²) in [6.07, 6.45) is 2.08. The van der Waals surface area contributed by atoms with Crippen LogP contribution in [0.15, 0.2) is 18.2 Å². The lowest BCUT2D eigenvalue weighted by atomic mass is 10.0. The number of hydrogen-bond acceptors (Lipinski definition) is 4. The van der Waals surface area contributed by atoms with Crippen molar-refractivity contribution in [2.75, 3.05) is 5.73 Å². The first-order valence-corrected chi connectivity index (χ1v) is 6.47. The molecule has 0 saturated carbocycles. The van der Waals surface area contributed by atoms with E-state index >= 15 is 0 Å². The molecule has 2 aromatic rings. The van der Waals surface area contributed by atoms with Crippen LogP contribution in [0.2, 0.25) is 0 Å². The number of aromatic nitrogens is 4. The van der Waals surface area contributed by atoms with Crippen molar-refractivity contribution in [3.8, 4) is 11.4 Å². The topological polar surface area (TPSA) is 69.6 Å². The van der Waals surface area contributed by atoms with Crippen LogP contribution in [0.5, 0.6) is 0 Å². The summed E-state index contributed by atoms with van der Waals surface area (Å²) in [6, 6.07) is 4.54. The Morgan fingerprint density at radius 1 is 1.32 bits per heavy atom. The molecule has 19 heavy (non-hydrogen) atoms. The average Bonchev–Trinajstić information content (AvgIpc) is 2.84. The van der Waals surface area contributed by atoms with Crippen LogP contribution in [0.3, 0.4) is 0 Å². The quantitative estimate of drug-likeness (QED) is 0.841. The van der Waals surface area contributed by atoms with Crippen molar-refractivity contribution in [1.29, 1.82) is 0 Å². The molecule has 0 radical (unpaired) electrons. The molecule has 5 nitrogen and oxygen atoms in total. The Kier molecular flexibility index (Phi) is 4.09. The number of nitrogens with two attached hydrogens (primary N) is 1. The molecule has 0 bridgehead atoms. The molecule has 0 saturated heterocycles. The van der Waals surface area contributed by atoms with E-state index in [1.165, 1.54) is 6.07 Å². The lowest BCUT2D eigenvalue weighted by Crippen LogP contribution is -2.12. The van der Waals surface area contributed by atoms with Crippen molar-refractivity contribution in [3.05, 3.63) is 24.0 Å². The molecule has 1 aromatic carbocycles. The Bertz CT molecular complexity index is 548. The molecule has 1 heterocycles. The zero-order valence-electron chi connectivity index (χ0n) is 11.2. The van der Waals surface area contributed by atoms with E-state index in [1.807, 2.05) is 0 Å². The maximum absolute atomic E-state index is 13.9. The fourth-order valence-corrected chi connectivity index (χ4v) is 2.02. The van der Waals surface area contributed by atoms with Gasteiger partial charge in [-0.1, -0.05) is 26.7 Å². The van der Waals surface area contributed by atoms with Crippen LogP contribution in [-0.2, 0) is 6.54 Å². The van der Waals surface area contributed by atoms with Crippen molar-refractivity contribution >= 4 is 5.69 Å². The second-order valence-corrected chi connectivity index (χ2v) is 4.61. The Balaban J connectivity index is 2.33. The lowest BCUT2D eigenvalue weighted by Gasteiger charge is -2.13. The molecule has 1 aromatic heterocycles. The van der Waals surface area contributed by atoms with Crippen molar-refractivity contribution < 1.29 is 4.39 Å². The molecule has 0 unspecified atom stereocenters. The maximum Gasteiger partial charge on any atom is 0.184 e. The van der Waals surface area contributed by atoms with Gasteiger partial charge in [-0.25, -0.2) is 9.07 Å². The zero-order valence-corrected chi connectivity index (χ0v) is 11.2. The Hall–Kier alpha value is -1.98. The van der Waals surface area contributed by atoms with Crippen LogP contribution in [0.1, 0.15) is 26.7 Å². The second kappa shape index (κ2) is 5.77. The molecule has 2 rings (SSSR count). The molecular formula is C13H18FN5. The van der Waals surface area contributed by atoms with Crippen LogP contribution >= 0.6 is 0 Å². The monoisotopic (exact) mass is 263 g/mol. The van der Waals surface area contributed by atoms with Gasteiger partial charge in [-0.15, -0.1) is 5.10 Å². The van der Waals surface area contributed by atoms with Gasteiger partial charge in [-0.05, 0) is 34.5 Å². The molecule has 0 aliphatic heterocycles. The van der Waals surface area contributed by atoms with Gasteiger partial charge < -0.3 is 5.73 Å². The Morgan fingerprint density at radius 2 is 2.05 bits per heavy atom. The Morgan fingerprint density at radius 3 is 2.68 bits per heavy atom. The molecule has 0 aliphatic rings. The number of rotatable bonds is 5. The summed E-state index contributed by atoms with van der Waals surface area (Å²) in [6.45, 7) is 4.95. The smallest absolute Gasteiger partial charge is 0.184 e. The highest BCUT2D eigenvalue weighted by Crippen LogP contribution is 2.23. The van der Waals surface area contributed by atoms with E-state index in [-0.39, 0.29) is 0 Å². The van der Waals surface area contributed by atoms with Gasteiger partial charge in [0.25, 0.3) is 0 Å². The number of nitrogens with zero attached hydrogens (tertiary/aromatic N) is 4. The van der Waals surface area contributed by atoms with E-state index in [4.69, 9.17) is 5.73 Å². The van der Waals surface area contributed by atoms with Crippen LogP contribution in [0, 0.1) is 11.7 Å².